The molecule has 1 fully saturated rings. The summed E-state index contributed by atoms with van der Waals surface area (Å²) in [6.45, 7) is 4.06. The zero-order chi connectivity index (χ0) is 21.5. The molecular formula is C24H29BrN2O3. The summed E-state index contributed by atoms with van der Waals surface area (Å²) in [6.07, 6.45) is 4.31. The molecule has 1 aliphatic carbocycles. The van der Waals surface area contributed by atoms with E-state index in [1.54, 1.807) is 24.0 Å². The average molecular weight is 473 g/mol. The molecule has 0 heterocycles. The monoisotopic (exact) mass is 472 g/mol. The van der Waals surface area contributed by atoms with Crippen LogP contribution in [0.15, 0.2) is 53.0 Å². The van der Waals surface area contributed by atoms with Gasteiger partial charge in [0, 0.05) is 17.1 Å². The fourth-order valence-corrected chi connectivity index (χ4v) is 3.97. The van der Waals surface area contributed by atoms with Gasteiger partial charge in [0.15, 0.2) is 6.61 Å². The Morgan fingerprint density at radius 3 is 2.47 bits per heavy atom. The molecule has 6 heteroatoms. The van der Waals surface area contributed by atoms with Crippen LogP contribution in [0.25, 0.3) is 0 Å². The lowest BCUT2D eigenvalue weighted by Gasteiger charge is -2.30. The fourth-order valence-electron chi connectivity index (χ4n) is 3.70. The highest BCUT2D eigenvalue weighted by Crippen LogP contribution is 2.20. The number of carbonyl (C=O) groups excluding carboxylic acids is 2. The lowest BCUT2D eigenvalue weighted by molar-refractivity contribution is -0.142. The third-order valence-corrected chi connectivity index (χ3v) is 6.18. The number of hydrogen-bond acceptors (Lipinski definition) is 3. The maximum Gasteiger partial charge on any atom is 0.261 e. The molecule has 1 atom stereocenters. The molecular weight excluding hydrogens is 444 g/mol. The largest absolute Gasteiger partial charge is 0.484 e. The molecule has 5 nitrogen and oxygen atoms in total. The molecule has 1 unspecified atom stereocenters. The predicted octanol–water partition coefficient (Wildman–Crippen LogP) is 4.61. The summed E-state index contributed by atoms with van der Waals surface area (Å²) < 4.78 is 6.64. The number of ether oxygens (including phenoxy) is 1. The zero-order valence-electron chi connectivity index (χ0n) is 17.6. The van der Waals surface area contributed by atoms with Crippen LogP contribution in [-0.2, 0) is 16.1 Å². The van der Waals surface area contributed by atoms with Gasteiger partial charge in [0.25, 0.3) is 5.91 Å². The van der Waals surface area contributed by atoms with Crippen molar-refractivity contribution >= 4 is 27.7 Å². The van der Waals surface area contributed by atoms with Crippen LogP contribution in [-0.4, -0.2) is 35.4 Å². The summed E-state index contributed by atoms with van der Waals surface area (Å²) in [7, 11) is 0. The van der Waals surface area contributed by atoms with Gasteiger partial charge in [-0.1, -0.05) is 53.0 Å². The van der Waals surface area contributed by atoms with Crippen molar-refractivity contribution in [2.75, 3.05) is 6.61 Å². The van der Waals surface area contributed by atoms with Gasteiger partial charge in [-0.3, -0.25) is 9.59 Å². The molecule has 0 aliphatic heterocycles. The van der Waals surface area contributed by atoms with E-state index in [9.17, 15) is 9.59 Å². The normalized spacial score (nSPS) is 14.9. The van der Waals surface area contributed by atoms with Crippen LogP contribution in [0.3, 0.4) is 0 Å². The molecule has 3 rings (SSSR count). The van der Waals surface area contributed by atoms with Crippen LogP contribution in [0.4, 0.5) is 0 Å². The standard InChI is InChI=1S/C24H29BrN2O3/c1-17-7-3-4-8-19(17)15-27(18(2)24(29)26-21-9-5-6-10-21)23(28)16-30-22-13-11-20(25)12-14-22/h3-4,7-8,11-14,18,21H,5-6,9-10,15-16H2,1-2H3,(H,26,29). The molecule has 1 saturated carbocycles. The molecule has 160 valence electrons. The molecule has 0 bridgehead atoms. The summed E-state index contributed by atoms with van der Waals surface area (Å²) in [4.78, 5) is 27.6. The summed E-state index contributed by atoms with van der Waals surface area (Å²) >= 11 is 3.39. The first kappa shape index (κ1) is 22.3. The van der Waals surface area contributed by atoms with Gasteiger partial charge in [-0.2, -0.15) is 0 Å². The van der Waals surface area contributed by atoms with E-state index in [0.29, 0.717) is 12.3 Å². The number of aryl methyl sites for hydroxylation is 1. The minimum Gasteiger partial charge on any atom is -0.484 e. The van der Waals surface area contributed by atoms with Crippen LogP contribution in [0.2, 0.25) is 0 Å². The van der Waals surface area contributed by atoms with Crippen molar-refractivity contribution in [1.29, 1.82) is 0 Å². The molecule has 1 aliphatic rings. The van der Waals surface area contributed by atoms with Crippen molar-refractivity contribution in [3.8, 4) is 5.75 Å². The molecule has 0 saturated heterocycles. The Kier molecular flexibility index (Phi) is 7.91. The molecule has 0 spiro atoms. The van der Waals surface area contributed by atoms with Crippen LogP contribution in [0.5, 0.6) is 5.75 Å². The maximum absolute atomic E-state index is 13.1. The van der Waals surface area contributed by atoms with E-state index in [-0.39, 0.29) is 24.5 Å². The molecule has 0 radical (unpaired) electrons. The second-order valence-electron chi connectivity index (χ2n) is 7.86. The summed E-state index contributed by atoms with van der Waals surface area (Å²) in [5.41, 5.74) is 2.11. The van der Waals surface area contributed by atoms with Gasteiger partial charge in [-0.15, -0.1) is 0 Å². The predicted molar refractivity (Wildman–Crippen MR) is 121 cm³/mol. The summed E-state index contributed by atoms with van der Waals surface area (Å²) in [6, 6.07) is 14.9. The number of amides is 2. The summed E-state index contributed by atoms with van der Waals surface area (Å²) in [5, 5.41) is 3.12. The van der Waals surface area contributed by atoms with E-state index < -0.39 is 6.04 Å². The Bertz CT molecular complexity index is 863. The molecule has 2 aromatic carbocycles. The molecule has 1 N–H and O–H groups in total. The number of benzene rings is 2. The first-order valence-corrected chi connectivity index (χ1v) is 11.3. The SMILES string of the molecule is Cc1ccccc1CN(C(=O)COc1ccc(Br)cc1)C(C)C(=O)NC1CCCC1. The highest BCUT2D eigenvalue weighted by Gasteiger charge is 2.29. The highest BCUT2D eigenvalue weighted by molar-refractivity contribution is 9.10. The second-order valence-corrected chi connectivity index (χ2v) is 8.77. The molecule has 2 amide bonds. The van der Waals surface area contributed by atoms with Gasteiger partial charge in [-0.25, -0.2) is 0 Å². The Morgan fingerprint density at radius 2 is 1.80 bits per heavy atom. The van der Waals surface area contributed by atoms with Gasteiger partial charge >= 0.3 is 0 Å². The number of hydrogen-bond donors (Lipinski definition) is 1. The molecule has 30 heavy (non-hydrogen) atoms. The van der Waals surface area contributed by atoms with Crippen LogP contribution < -0.4 is 10.1 Å². The van der Waals surface area contributed by atoms with Crippen molar-refractivity contribution in [3.05, 3.63) is 64.1 Å². The van der Waals surface area contributed by atoms with E-state index in [2.05, 4.69) is 21.2 Å². The Balaban J connectivity index is 1.71. The van der Waals surface area contributed by atoms with Gasteiger partial charge in [-0.05, 0) is 62.1 Å². The van der Waals surface area contributed by atoms with Crippen molar-refractivity contribution in [2.45, 2.75) is 58.2 Å². The number of halogens is 1. The van der Waals surface area contributed by atoms with Crippen molar-refractivity contribution in [2.24, 2.45) is 0 Å². The van der Waals surface area contributed by atoms with Crippen LogP contribution >= 0.6 is 15.9 Å². The smallest absolute Gasteiger partial charge is 0.261 e. The zero-order valence-corrected chi connectivity index (χ0v) is 19.2. The van der Waals surface area contributed by atoms with E-state index in [4.69, 9.17) is 4.74 Å². The Morgan fingerprint density at radius 1 is 1.13 bits per heavy atom. The number of rotatable bonds is 8. The minimum absolute atomic E-state index is 0.104. The minimum atomic E-state index is -0.578. The van der Waals surface area contributed by atoms with Crippen molar-refractivity contribution in [1.82, 2.24) is 10.2 Å². The van der Waals surface area contributed by atoms with Crippen molar-refractivity contribution < 1.29 is 14.3 Å². The third kappa shape index (κ3) is 6.08. The van der Waals surface area contributed by atoms with Crippen molar-refractivity contribution in [3.63, 3.8) is 0 Å². The van der Waals surface area contributed by atoms with E-state index in [1.165, 1.54) is 0 Å². The van der Waals surface area contributed by atoms with E-state index >= 15 is 0 Å². The first-order chi connectivity index (χ1) is 14.4. The van der Waals surface area contributed by atoms with Gasteiger partial charge in [0.2, 0.25) is 5.91 Å². The fraction of sp³-hybridized carbons (Fsp3) is 0.417. The lowest BCUT2D eigenvalue weighted by atomic mass is 10.1. The Labute approximate surface area is 186 Å². The summed E-state index contributed by atoms with van der Waals surface area (Å²) in [5.74, 6) is 0.299. The Hall–Kier alpha value is -2.34. The van der Waals surface area contributed by atoms with Gasteiger partial charge in [0.1, 0.15) is 11.8 Å². The maximum atomic E-state index is 13.1. The number of nitrogens with zero attached hydrogens (tertiary/aromatic N) is 1. The van der Waals surface area contributed by atoms with E-state index in [0.717, 1.165) is 41.3 Å². The van der Waals surface area contributed by atoms with E-state index in [1.807, 2.05) is 43.3 Å². The number of carbonyl (C=O) groups is 2. The lowest BCUT2D eigenvalue weighted by Crippen LogP contribution is -2.50. The topological polar surface area (TPSA) is 58.6 Å². The first-order valence-electron chi connectivity index (χ1n) is 10.5. The second kappa shape index (κ2) is 10.6. The molecule has 0 aromatic heterocycles. The van der Waals surface area contributed by atoms with Crippen LogP contribution in [0, 0.1) is 6.92 Å². The number of nitrogens with one attached hydrogen (secondary N) is 1. The third-order valence-electron chi connectivity index (χ3n) is 5.65. The average Bonchev–Trinajstić information content (AvgIpc) is 3.25. The molecule has 2 aromatic rings. The van der Waals surface area contributed by atoms with Crippen LogP contribution in [0.1, 0.15) is 43.7 Å². The van der Waals surface area contributed by atoms with Gasteiger partial charge < -0.3 is 15.0 Å². The quantitative estimate of drug-likeness (QED) is 0.609. The van der Waals surface area contributed by atoms with Gasteiger partial charge in [0.05, 0.1) is 0 Å². The highest BCUT2D eigenvalue weighted by atomic mass is 79.9.